The van der Waals surface area contributed by atoms with Crippen LogP contribution in [0.1, 0.15) is 11.1 Å². The van der Waals surface area contributed by atoms with Crippen molar-refractivity contribution in [3.05, 3.63) is 91.1 Å². The van der Waals surface area contributed by atoms with Crippen LogP contribution < -0.4 is 10.1 Å². The van der Waals surface area contributed by atoms with Gasteiger partial charge in [0.2, 0.25) is 0 Å². The summed E-state index contributed by atoms with van der Waals surface area (Å²) in [5, 5.41) is 4.98. The standard InChI is InChI=1S/C25H18I2N2O3S/c1-2-10-29-24(31)19(23(30)28-25(29)33)11-15-12-20(26)22(21(27)13-15)32-14-17-8-5-7-16-6-3-4-9-18(16)17/h2-9,11-13H,1,10,14H2,(H,28,30,33)/b19-11+. The molecule has 2 amide bonds. The molecule has 1 fully saturated rings. The van der Waals surface area contributed by atoms with Gasteiger partial charge >= 0.3 is 0 Å². The zero-order valence-electron chi connectivity index (χ0n) is 17.3. The molecule has 33 heavy (non-hydrogen) atoms. The number of hydrogen-bond acceptors (Lipinski definition) is 4. The maximum atomic E-state index is 12.8. The van der Waals surface area contributed by atoms with Crippen molar-refractivity contribution < 1.29 is 14.3 Å². The third-order valence-corrected chi connectivity index (χ3v) is 7.01. The van der Waals surface area contributed by atoms with Crippen LogP contribution in [0.25, 0.3) is 16.8 Å². The van der Waals surface area contributed by atoms with E-state index in [-0.39, 0.29) is 17.2 Å². The van der Waals surface area contributed by atoms with Crippen molar-refractivity contribution in [2.45, 2.75) is 6.61 Å². The monoisotopic (exact) mass is 680 g/mol. The summed E-state index contributed by atoms with van der Waals surface area (Å²) in [5.41, 5.74) is 1.86. The van der Waals surface area contributed by atoms with Gasteiger partial charge in [0.05, 0.1) is 7.14 Å². The molecular weight excluding hydrogens is 662 g/mol. The van der Waals surface area contributed by atoms with E-state index in [0.717, 1.165) is 29.4 Å². The van der Waals surface area contributed by atoms with Crippen molar-refractivity contribution in [2.24, 2.45) is 0 Å². The molecule has 1 N–H and O–H groups in total. The number of hydrogen-bond donors (Lipinski definition) is 1. The van der Waals surface area contributed by atoms with E-state index in [1.54, 1.807) is 12.2 Å². The van der Waals surface area contributed by atoms with Crippen LogP contribution in [0.5, 0.6) is 5.75 Å². The van der Waals surface area contributed by atoms with Crippen LogP contribution in [-0.4, -0.2) is 28.4 Å². The quantitative estimate of drug-likeness (QED) is 0.124. The highest BCUT2D eigenvalue weighted by molar-refractivity contribution is 14.1. The summed E-state index contributed by atoms with van der Waals surface area (Å²) in [6.45, 7) is 4.30. The van der Waals surface area contributed by atoms with Gasteiger partial charge in [-0.2, -0.15) is 0 Å². The third-order valence-electron chi connectivity index (χ3n) is 5.08. The summed E-state index contributed by atoms with van der Waals surface area (Å²) in [7, 11) is 0. The zero-order valence-corrected chi connectivity index (χ0v) is 22.4. The molecule has 4 rings (SSSR count). The fraction of sp³-hybridized carbons (Fsp3) is 0.0800. The Kier molecular flexibility index (Phi) is 7.45. The van der Waals surface area contributed by atoms with Gasteiger partial charge in [-0.25, -0.2) is 0 Å². The lowest BCUT2D eigenvalue weighted by Gasteiger charge is -2.27. The van der Waals surface area contributed by atoms with Crippen molar-refractivity contribution in [3.8, 4) is 5.75 Å². The Balaban J connectivity index is 1.59. The van der Waals surface area contributed by atoms with E-state index in [1.165, 1.54) is 10.3 Å². The van der Waals surface area contributed by atoms with Gasteiger partial charge < -0.3 is 4.74 Å². The van der Waals surface area contributed by atoms with Gasteiger partial charge in [0.25, 0.3) is 11.8 Å². The summed E-state index contributed by atoms with van der Waals surface area (Å²) in [6.07, 6.45) is 3.14. The molecule has 0 bridgehead atoms. The number of amides is 2. The van der Waals surface area contributed by atoms with E-state index in [9.17, 15) is 9.59 Å². The highest BCUT2D eigenvalue weighted by Crippen LogP contribution is 2.31. The van der Waals surface area contributed by atoms with Gasteiger partial charge in [0.15, 0.2) is 5.11 Å². The predicted molar refractivity (Wildman–Crippen MR) is 151 cm³/mol. The lowest BCUT2D eigenvalue weighted by molar-refractivity contribution is -0.128. The Hall–Kier alpha value is -2.31. The topological polar surface area (TPSA) is 58.6 Å². The molecule has 5 nitrogen and oxygen atoms in total. The van der Waals surface area contributed by atoms with Gasteiger partial charge in [-0.05, 0) is 97.5 Å². The van der Waals surface area contributed by atoms with Gasteiger partial charge in [-0.15, -0.1) is 6.58 Å². The van der Waals surface area contributed by atoms with E-state index in [1.807, 2.05) is 30.3 Å². The van der Waals surface area contributed by atoms with E-state index in [0.29, 0.717) is 6.61 Å². The summed E-state index contributed by atoms with van der Waals surface area (Å²) in [4.78, 5) is 26.5. The Labute approximate surface area is 224 Å². The largest absolute Gasteiger partial charge is 0.487 e. The number of ether oxygens (including phenoxy) is 1. The fourth-order valence-corrected chi connectivity index (χ4v) is 5.90. The van der Waals surface area contributed by atoms with E-state index < -0.39 is 11.8 Å². The smallest absolute Gasteiger partial charge is 0.265 e. The maximum Gasteiger partial charge on any atom is 0.265 e. The van der Waals surface area contributed by atoms with E-state index in [2.05, 4.69) is 81.3 Å². The van der Waals surface area contributed by atoms with Gasteiger partial charge in [-0.3, -0.25) is 19.8 Å². The molecule has 1 aliphatic rings. The number of nitrogens with zero attached hydrogens (tertiary/aromatic N) is 1. The van der Waals surface area contributed by atoms with Gasteiger partial charge in [-0.1, -0.05) is 48.5 Å². The Morgan fingerprint density at radius 2 is 1.76 bits per heavy atom. The van der Waals surface area contributed by atoms with Crippen molar-refractivity contribution in [1.82, 2.24) is 10.2 Å². The molecule has 0 saturated carbocycles. The Bertz CT molecular complexity index is 1310. The number of halogens is 2. The van der Waals surface area contributed by atoms with Crippen molar-refractivity contribution >= 4 is 91.2 Å². The number of carbonyl (C=O) groups is 2. The highest BCUT2D eigenvalue weighted by atomic mass is 127. The normalized spacial score (nSPS) is 15.2. The highest BCUT2D eigenvalue weighted by Gasteiger charge is 2.32. The number of benzene rings is 3. The minimum Gasteiger partial charge on any atom is -0.487 e. The molecule has 0 radical (unpaired) electrons. The third kappa shape index (κ3) is 5.12. The molecular formula is C25H18I2N2O3S. The van der Waals surface area contributed by atoms with Crippen LogP contribution >= 0.6 is 57.4 Å². The van der Waals surface area contributed by atoms with Crippen LogP contribution in [-0.2, 0) is 16.2 Å². The molecule has 0 spiro atoms. The number of fused-ring (bicyclic) bond motifs is 1. The number of carbonyl (C=O) groups excluding carboxylic acids is 2. The second-order valence-corrected chi connectivity index (χ2v) is 9.97. The summed E-state index contributed by atoms with van der Waals surface area (Å²) < 4.78 is 7.96. The molecule has 1 aliphatic heterocycles. The first-order chi connectivity index (χ1) is 15.9. The zero-order chi connectivity index (χ0) is 23.5. The molecule has 3 aromatic rings. The first-order valence-corrected chi connectivity index (χ1v) is 12.5. The molecule has 166 valence electrons. The van der Waals surface area contributed by atoms with E-state index >= 15 is 0 Å². The van der Waals surface area contributed by atoms with E-state index in [4.69, 9.17) is 17.0 Å². The second-order valence-electron chi connectivity index (χ2n) is 7.26. The Morgan fingerprint density at radius 1 is 1.06 bits per heavy atom. The molecule has 1 saturated heterocycles. The molecule has 0 aliphatic carbocycles. The SMILES string of the molecule is C=CCN1C(=O)/C(=C/c2cc(I)c(OCc3cccc4ccccc34)c(I)c2)C(=O)NC1=S. The van der Waals surface area contributed by atoms with Crippen LogP contribution in [0.2, 0.25) is 0 Å². The lowest BCUT2D eigenvalue weighted by atomic mass is 10.1. The first kappa shape index (κ1) is 23.8. The number of thiocarbonyl (C=S) groups is 1. The predicted octanol–water partition coefficient (Wildman–Crippen LogP) is 5.44. The van der Waals surface area contributed by atoms with Crippen LogP contribution in [0.15, 0.2) is 72.8 Å². The molecule has 0 unspecified atom stereocenters. The lowest BCUT2D eigenvalue weighted by Crippen LogP contribution is -2.53. The van der Waals surface area contributed by atoms with Crippen molar-refractivity contribution in [2.75, 3.05) is 6.54 Å². The summed E-state index contributed by atoms with van der Waals surface area (Å²) in [5.74, 6) is -0.184. The van der Waals surface area contributed by atoms with Crippen LogP contribution in [0.3, 0.4) is 0 Å². The van der Waals surface area contributed by atoms with Crippen LogP contribution in [0, 0.1) is 7.14 Å². The fourth-order valence-electron chi connectivity index (χ4n) is 3.52. The maximum absolute atomic E-state index is 12.8. The molecule has 0 aromatic heterocycles. The average Bonchev–Trinajstić information content (AvgIpc) is 2.79. The Morgan fingerprint density at radius 3 is 2.48 bits per heavy atom. The summed E-state index contributed by atoms with van der Waals surface area (Å²) >= 11 is 9.52. The molecule has 0 atom stereocenters. The first-order valence-electron chi connectivity index (χ1n) is 9.97. The van der Waals surface area contributed by atoms with Crippen LogP contribution in [0.4, 0.5) is 0 Å². The minimum atomic E-state index is -0.508. The number of nitrogens with one attached hydrogen (secondary N) is 1. The van der Waals surface area contributed by atoms with Gasteiger partial charge in [0, 0.05) is 6.54 Å². The number of rotatable bonds is 6. The van der Waals surface area contributed by atoms with Crippen molar-refractivity contribution in [1.29, 1.82) is 0 Å². The second kappa shape index (κ2) is 10.3. The molecule has 1 heterocycles. The van der Waals surface area contributed by atoms with Crippen molar-refractivity contribution in [3.63, 3.8) is 0 Å². The minimum absolute atomic E-state index is 0.0291. The average molecular weight is 680 g/mol. The molecule has 3 aromatic carbocycles. The molecule has 8 heteroatoms. The summed E-state index contributed by atoms with van der Waals surface area (Å²) in [6, 6.07) is 18.2. The van der Waals surface area contributed by atoms with Gasteiger partial charge in [0.1, 0.15) is 17.9 Å².